The zero-order valence-corrected chi connectivity index (χ0v) is 9.95. The molecule has 0 bridgehead atoms. The van der Waals surface area contributed by atoms with E-state index < -0.39 is 5.97 Å². The topological polar surface area (TPSA) is 62.3 Å². The lowest BCUT2D eigenvalue weighted by Crippen LogP contribution is -1.91. The van der Waals surface area contributed by atoms with Crippen LogP contribution in [-0.2, 0) is 0 Å². The van der Waals surface area contributed by atoms with Gasteiger partial charge in [0.2, 0.25) is 0 Å². The zero-order chi connectivity index (χ0) is 12.3. The number of nitrogens with one attached hydrogen (secondary N) is 1. The van der Waals surface area contributed by atoms with E-state index in [4.69, 9.17) is 9.84 Å². The SMILES string of the molecule is COc1cccc(Sc2cc(C(=O)O)c[nH]2)c1. The summed E-state index contributed by atoms with van der Waals surface area (Å²) in [5, 5.41) is 9.58. The maximum Gasteiger partial charge on any atom is 0.337 e. The van der Waals surface area contributed by atoms with Crippen LogP contribution >= 0.6 is 11.8 Å². The Kier molecular flexibility index (Phi) is 3.39. The zero-order valence-electron chi connectivity index (χ0n) is 9.14. The minimum atomic E-state index is -0.932. The van der Waals surface area contributed by atoms with E-state index in [2.05, 4.69) is 4.98 Å². The number of aromatic amines is 1. The lowest BCUT2D eigenvalue weighted by atomic mass is 10.3. The van der Waals surface area contributed by atoms with E-state index in [0.717, 1.165) is 15.7 Å². The summed E-state index contributed by atoms with van der Waals surface area (Å²) in [6.45, 7) is 0. The monoisotopic (exact) mass is 249 g/mol. The Morgan fingerprint density at radius 1 is 1.41 bits per heavy atom. The number of hydrogen-bond donors (Lipinski definition) is 2. The minimum Gasteiger partial charge on any atom is -0.497 e. The quantitative estimate of drug-likeness (QED) is 0.874. The molecule has 1 aromatic heterocycles. The summed E-state index contributed by atoms with van der Waals surface area (Å²) in [6, 6.07) is 9.19. The highest BCUT2D eigenvalue weighted by atomic mass is 32.2. The first-order valence-electron chi connectivity index (χ1n) is 4.92. The predicted octanol–water partition coefficient (Wildman–Crippen LogP) is 2.87. The molecule has 0 aliphatic rings. The van der Waals surface area contributed by atoms with Gasteiger partial charge in [0.1, 0.15) is 5.75 Å². The van der Waals surface area contributed by atoms with Crippen LogP contribution < -0.4 is 4.74 Å². The summed E-state index contributed by atoms with van der Waals surface area (Å²) < 4.78 is 5.12. The van der Waals surface area contributed by atoms with Crippen LogP contribution in [0, 0.1) is 0 Å². The van der Waals surface area contributed by atoms with Crippen LogP contribution in [0.5, 0.6) is 5.75 Å². The normalized spacial score (nSPS) is 10.2. The summed E-state index contributed by atoms with van der Waals surface area (Å²) >= 11 is 1.46. The second-order valence-electron chi connectivity index (χ2n) is 3.34. The highest BCUT2D eigenvalue weighted by Gasteiger charge is 2.07. The van der Waals surface area contributed by atoms with Crippen molar-refractivity contribution in [3.05, 3.63) is 42.1 Å². The highest BCUT2D eigenvalue weighted by molar-refractivity contribution is 7.99. The first-order chi connectivity index (χ1) is 8.19. The molecule has 2 N–H and O–H groups in total. The Labute approximate surface area is 103 Å². The maximum absolute atomic E-state index is 10.7. The molecule has 1 aromatic carbocycles. The van der Waals surface area contributed by atoms with Gasteiger partial charge in [-0.05, 0) is 24.3 Å². The first-order valence-corrected chi connectivity index (χ1v) is 5.74. The maximum atomic E-state index is 10.7. The lowest BCUT2D eigenvalue weighted by molar-refractivity contribution is 0.0697. The fraction of sp³-hybridized carbons (Fsp3) is 0.0833. The van der Waals surface area contributed by atoms with Gasteiger partial charge >= 0.3 is 5.97 Å². The predicted molar refractivity (Wildman–Crippen MR) is 64.9 cm³/mol. The van der Waals surface area contributed by atoms with Crippen LogP contribution in [0.4, 0.5) is 0 Å². The van der Waals surface area contributed by atoms with Crippen LogP contribution in [-0.4, -0.2) is 23.2 Å². The number of aromatic carboxylic acids is 1. The number of ether oxygens (including phenoxy) is 1. The van der Waals surface area contributed by atoms with E-state index in [-0.39, 0.29) is 5.56 Å². The number of hydrogen-bond acceptors (Lipinski definition) is 3. The molecule has 2 aromatic rings. The summed E-state index contributed by atoms with van der Waals surface area (Å²) in [6.07, 6.45) is 1.48. The molecule has 17 heavy (non-hydrogen) atoms. The Morgan fingerprint density at radius 2 is 2.24 bits per heavy atom. The van der Waals surface area contributed by atoms with Gasteiger partial charge in [0.15, 0.2) is 0 Å². The van der Waals surface area contributed by atoms with Gasteiger partial charge in [0, 0.05) is 11.1 Å². The number of aromatic nitrogens is 1. The molecular weight excluding hydrogens is 238 g/mol. The molecule has 0 amide bonds. The third kappa shape index (κ3) is 2.82. The number of benzene rings is 1. The van der Waals surface area contributed by atoms with Crippen molar-refractivity contribution in [2.24, 2.45) is 0 Å². The van der Waals surface area contributed by atoms with Crippen LogP contribution in [0.1, 0.15) is 10.4 Å². The van der Waals surface area contributed by atoms with Crippen molar-refractivity contribution in [2.45, 2.75) is 9.92 Å². The smallest absolute Gasteiger partial charge is 0.337 e. The average Bonchev–Trinajstić information content (AvgIpc) is 2.78. The Morgan fingerprint density at radius 3 is 2.88 bits per heavy atom. The second kappa shape index (κ2) is 4.97. The number of methoxy groups -OCH3 is 1. The summed E-state index contributed by atoms with van der Waals surface area (Å²) in [5.41, 5.74) is 0.260. The van der Waals surface area contributed by atoms with Crippen molar-refractivity contribution < 1.29 is 14.6 Å². The molecule has 0 fully saturated rings. The molecule has 2 rings (SSSR count). The van der Waals surface area contributed by atoms with Crippen molar-refractivity contribution >= 4 is 17.7 Å². The Hall–Kier alpha value is -1.88. The first kappa shape index (κ1) is 11.6. The minimum absolute atomic E-state index is 0.260. The summed E-state index contributed by atoms with van der Waals surface area (Å²) in [4.78, 5) is 14.6. The van der Waals surface area contributed by atoms with Crippen LogP contribution in [0.15, 0.2) is 46.5 Å². The molecule has 0 aliphatic carbocycles. The van der Waals surface area contributed by atoms with Crippen molar-refractivity contribution in [1.29, 1.82) is 0 Å². The van der Waals surface area contributed by atoms with E-state index in [1.54, 1.807) is 13.2 Å². The van der Waals surface area contributed by atoms with E-state index in [1.807, 2.05) is 24.3 Å². The van der Waals surface area contributed by atoms with E-state index >= 15 is 0 Å². The van der Waals surface area contributed by atoms with Gasteiger partial charge < -0.3 is 14.8 Å². The second-order valence-corrected chi connectivity index (χ2v) is 4.45. The van der Waals surface area contributed by atoms with Crippen LogP contribution in [0.2, 0.25) is 0 Å². The van der Waals surface area contributed by atoms with Gasteiger partial charge in [-0.3, -0.25) is 0 Å². The third-order valence-corrected chi connectivity index (χ3v) is 3.12. The number of H-pyrrole nitrogens is 1. The third-order valence-electron chi connectivity index (χ3n) is 2.17. The molecule has 5 heteroatoms. The number of carboxylic acids is 1. The lowest BCUT2D eigenvalue weighted by Gasteiger charge is -2.02. The molecule has 0 aliphatic heterocycles. The Balaban J connectivity index is 2.16. The van der Waals surface area contributed by atoms with Crippen molar-refractivity contribution in [3.8, 4) is 5.75 Å². The summed E-state index contributed by atoms with van der Waals surface area (Å²) in [5.74, 6) is -0.154. The number of carbonyl (C=O) groups is 1. The molecule has 4 nitrogen and oxygen atoms in total. The van der Waals surface area contributed by atoms with Gasteiger partial charge in [0.25, 0.3) is 0 Å². The van der Waals surface area contributed by atoms with Crippen LogP contribution in [0.3, 0.4) is 0 Å². The highest BCUT2D eigenvalue weighted by Crippen LogP contribution is 2.29. The molecule has 0 saturated heterocycles. The molecule has 0 saturated carbocycles. The van der Waals surface area contributed by atoms with E-state index in [1.165, 1.54) is 18.0 Å². The van der Waals surface area contributed by atoms with Crippen LogP contribution in [0.25, 0.3) is 0 Å². The van der Waals surface area contributed by atoms with Gasteiger partial charge in [-0.25, -0.2) is 4.79 Å². The molecular formula is C12H11NO3S. The molecule has 0 atom stereocenters. The number of carboxylic acid groups (broad SMARTS) is 1. The van der Waals surface area contributed by atoms with Crippen molar-refractivity contribution in [3.63, 3.8) is 0 Å². The van der Waals surface area contributed by atoms with Crippen molar-refractivity contribution in [2.75, 3.05) is 7.11 Å². The molecule has 0 unspecified atom stereocenters. The van der Waals surface area contributed by atoms with Crippen molar-refractivity contribution in [1.82, 2.24) is 4.98 Å². The largest absolute Gasteiger partial charge is 0.497 e. The van der Waals surface area contributed by atoms with E-state index in [9.17, 15) is 4.79 Å². The fourth-order valence-electron chi connectivity index (χ4n) is 1.35. The molecule has 0 spiro atoms. The molecule has 88 valence electrons. The molecule has 0 radical (unpaired) electrons. The van der Waals surface area contributed by atoms with Gasteiger partial charge in [-0.2, -0.15) is 0 Å². The standard InChI is InChI=1S/C12H11NO3S/c1-16-9-3-2-4-10(6-9)17-11-5-8(7-13-11)12(14)15/h2-7,13H,1H3,(H,14,15). The Bertz CT molecular complexity index is 536. The van der Waals surface area contributed by atoms with Gasteiger partial charge in [0.05, 0.1) is 17.7 Å². The molecule has 1 heterocycles. The van der Waals surface area contributed by atoms with Gasteiger partial charge in [-0.15, -0.1) is 0 Å². The van der Waals surface area contributed by atoms with E-state index in [0.29, 0.717) is 0 Å². The fourth-order valence-corrected chi connectivity index (χ4v) is 2.23. The average molecular weight is 249 g/mol. The number of rotatable bonds is 4. The van der Waals surface area contributed by atoms with Gasteiger partial charge in [-0.1, -0.05) is 17.8 Å². The summed E-state index contributed by atoms with van der Waals surface area (Å²) in [7, 11) is 1.61.